The van der Waals surface area contributed by atoms with E-state index < -0.39 is 11.6 Å². The van der Waals surface area contributed by atoms with E-state index in [0.717, 1.165) is 22.5 Å². The summed E-state index contributed by atoms with van der Waals surface area (Å²) < 4.78 is 27.5. The average Bonchev–Trinajstić information content (AvgIpc) is 2.72. The molecule has 0 aliphatic heterocycles. The van der Waals surface area contributed by atoms with E-state index >= 15 is 0 Å². The summed E-state index contributed by atoms with van der Waals surface area (Å²) in [6.45, 7) is 0. The molecule has 0 radical (unpaired) electrons. The molecule has 0 fully saturated rings. The van der Waals surface area contributed by atoms with E-state index in [2.05, 4.69) is 28.1 Å². The second-order valence-electron chi connectivity index (χ2n) is 5.78. The van der Waals surface area contributed by atoms with E-state index in [1.807, 2.05) is 25.2 Å². The minimum Gasteiger partial charge on any atom is -0.373 e. The molecule has 1 N–H and O–H groups in total. The highest BCUT2D eigenvalue weighted by atomic mass is 19.1. The van der Waals surface area contributed by atoms with Crippen LogP contribution < -0.4 is 5.32 Å². The fourth-order valence-corrected chi connectivity index (χ4v) is 2.84. The van der Waals surface area contributed by atoms with Gasteiger partial charge in [0.05, 0.1) is 0 Å². The summed E-state index contributed by atoms with van der Waals surface area (Å²) in [5, 5.41) is 3.07. The maximum absolute atomic E-state index is 13.7. The van der Waals surface area contributed by atoms with Gasteiger partial charge < -0.3 is 5.32 Å². The van der Waals surface area contributed by atoms with Crippen molar-refractivity contribution >= 4 is 5.82 Å². The van der Waals surface area contributed by atoms with Crippen LogP contribution in [0.25, 0.3) is 11.1 Å². The van der Waals surface area contributed by atoms with Gasteiger partial charge in [0.2, 0.25) is 0 Å². The number of terminal acetylenes is 1. The third kappa shape index (κ3) is 5.11. The fourth-order valence-electron chi connectivity index (χ4n) is 2.84. The molecular formula is C22H21F2N3. The average molecular weight is 365 g/mol. The minimum atomic E-state index is -0.490. The van der Waals surface area contributed by atoms with E-state index in [-0.39, 0.29) is 5.56 Å². The molecule has 27 heavy (non-hydrogen) atoms. The van der Waals surface area contributed by atoms with Crippen LogP contribution in [0.5, 0.6) is 0 Å². The number of hydrogen-bond acceptors (Lipinski definition) is 3. The van der Waals surface area contributed by atoms with Crippen molar-refractivity contribution in [1.29, 1.82) is 0 Å². The van der Waals surface area contributed by atoms with E-state index in [1.165, 1.54) is 18.2 Å². The zero-order valence-corrected chi connectivity index (χ0v) is 15.1. The second kappa shape index (κ2) is 10.0. The number of aromatic nitrogens is 2. The van der Waals surface area contributed by atoms with Crippen molar-refractivity contribution in [3.05, 3.63) is 77.8 Å². The zero-order valence-electron chi connectivity index (χ0n) is 15.1. The van der Waals surface area contributed by atoms with Gasteiger partial charge in [-0.3, -0.25) is 4.98 Å². The van der Waals surface area contributed by atoms with Crippen LogP contribution >= 0.6 is 0 Å². The summed E-state index contributed by atoms with van der Waals surface area (Å²) >= 11 is 0. The number of anilines is 1. The highest BCUT2D eigenvalue weighted by Gasteiger charge is 2.10. The first-order valence-electron chi connectivity index (χ1n) is 8.52. The highest BCUT2D eigenvalue weighted by molar-refractivity contribution is 5.64. The van der Waals surface area contributed by atoms with Crippen LogP contribution in [0.2, 0.25) is 0 Å². The number of pyridine rings is 2. The topological polar surface area (TPSA) is 37.8 Å². The third-order valence-corrected chi connectivity index (χ3v) is 4.13. The first-order chi connectivity index (χ1) is 13.2. The molecule has 0 atom stereocenters. The Kier molecular flexibility index (Phi) is 7.45. The SMILES string of the molecule is C#C.CNc1ncc(-c2cccnc2)cc1CCCc1c(F)cccc1F. The third-order valence-electron chi connectivity index (χ3n) is 4.13. The Morgan fingerprint density at radius 1 is 0.963 bits per heavy atom. The van der Waals surface area contributed by atoms with Crippen LogP contribution in [0.4, 0.5) is 14.6 Å². The molecule has 3 aromatic rings. The van der Waals surface area contributed by atoms with Gasteiger partial charge in [-0.2, -0.15) is 0 Å². The number of halogens is 2. The van der Waals surface area contributed by atoms with Crippen LogP contribution in [0.3, 0.4) is 0 Å². The molecule has 0 amide bonds. The number of nitrogens with zero attached hydrogens (tertiary/aromatic N) is 2. The van der Waals surface area contributed by atoms with Gasteiger partial charge in [0, 0.05) is 42.3 Å². The van der Waals surface area contributed by atoms with Gasteiger partial charge >= 0.3 is 0 Å². The normalized spacial score (nSPS) is 9.96. The Labute approximate surface area is 158 Å². The summed E-state index contributed by atoms with van der Waals surface area (Å²) in [7, 11) is 1.81. The van der Waals surface area contributed by atoms with Crippen molar-refractivity contribution in [2.45, 2.75) is 19.3 Å². The van der Waals surface area contributed by atoms with Crippen molar-refractivity contribution in [1.82, 2.24) is 9.97 Å². The summed E-state index contributed by atoms with van der Waals surface area (Å²) in [5.41, 5.74) is 3.11. The molecule has 0 spiro atoms. The number of hydrogen-bond donors (Lipinski definition) is 1. The lowest BCUT2D eigenvalue weighted by Gasteiger charge is -2.11. The lowest BCUT2D eigenvalue weighted by molar-refractivity contribution is 0.550. The van der Waals surface area contributed by atoms with E-state index in [9.17, 15) is 8.78 Å². The smallest absolute Gasteiger partial charge is 0.129 e. The quantitative estimate of drug-likeness (QED) is 0.632. The van der Waals surface area contributed by atoms with Gasteiger partial charge in [-0.1, -0.05) is 12.1 Å². The van der Waals surface area contributed by atoms with Crippen molar-refractivity contribution in [3.8, 4) is 24.0 Å². The molecular weight excluding hydrogens is 344 g/mol. The van der Waals surface area contributed by atoms with Gasteiger partial charge in [0.25, 0.3) is 0 Å². The second-order valence-corrected chi connectivity index (χ2v) is 5.78. The molecule has 1 aromatic carbocycles. The number of benzene rings is 1. The molecule has 5 heteroatoms. The van der Waals surface area contributed by atoms with Crippen LogP contribution in [-0.4, -0.2) is 17.0 Å². The van der Waals surface area contributed by atoms with Crippen molar-refractivity contribution in [3.63, 3.8) is 0 Å². The van der Waals surface area contributed by atoms with Crippen LogP contribution in [-0.2, 0) is 12.8 Å². The molecule has 138 valence electrons. The number of nitrogens with one attached hydrogen (secondary N) is 1. The lowest BCUT2D eigenvalue weighted by Crippen LogP contribution is -2.02. The summed E-state index contributed by atoms with van der Waals surface area (Å²) in [4.78, 5) is 8.58. The maximum Gasteiger partial charge on any atom is 0.129 e. The Bertz CT molecular complexity index is 872. The van der Waals surface area contributed by atoms with Crippen molar-refractivity contribution in [2.75, 3.05) is 12.4 Å². The van der Waals surface area contributed by atoms with E-state index in [0.29, 0.717) is 19.3 Å². The summed E-state index contributed by atoms with van der Waals surface area (Å²) in [6.07, 6.45) is 15.0. The number of aryl methyl sites for hydroxylation is 1. The lowest BCUT2D eigenvalue weighted by atomic mass is 10.0. The van der Waals surface area contributed by atoms with Crippen molar-refractivity contribution in [2.24, 2.45) is 0 Å². The molecule has 3 nitrogen and oxygen atoms in total. The summed E-state index contributed by atoms with van der Waals surface area (Å²) in [5.74, 6) is -0.200. The van der Waals surface area contributed by atoms with Gasteiger partial charge in [0.1, 0.15) is 17.5 Å². The molecule has 0 bridgehead atoms. The molecule has 0 saturated heterocycles. The first-order valence-corrected chi connectivity index (χ1v) is 8.52. The maximum atomic E-state index is 13.7. The molecule has 0 aliphatic rings. The van der Waals surface area contributed by atoms with Crippen LogP contribution in [0.1, 0.15) is 17.5 Å². The van der Waals surface area contributed by atoms with Gasteiger partial charge in [0.15, 0.2) is 0 Å². The molecule has 2 aromatic heterocycles. The predicted octanol–water partition coefficient (Wildman–Crippen LogP) is 4.89. The fraction of sp³-hybridized carbons (Fsp3) is 0.182. The largest absolute Gasteiger partial charge is 0.373 e. The first kappa shape index (κ1) is 20.1. The Morgan fingerprint density at radius 2 is 1.70 bits per heavy atom. The highest BCUT2D eigenvalue weighted by Crippen LogP contribution is 2.24. The van der Waals surface area contributed by atoms with Crippen molar-refractivity contribution < 1.29 is 8.78 Å². The van der Waals surface area contributed by atoms with Gasteiger partial charge in [-0.15, -0.1) is 12.8 Å². The van der Waals surface area contributed by atoms with Crippen LogP contribution in [0.15, 0.2) is 55.0 Å². The zero-order chi connectivity index (χ0) is 19.6. The van der Waals surface area contributed by atoms with Gasteiger partial charge in [-0.05, 0) is 49.1 Å². The summed E-state index contributed by atoms with van der Waals surface area (Å²) in [6, 6.07) is 9.87. The van der Waals surface area contributed by atoms with Crippen LogP contribution in [0, 0.1) is 24.5 Å². The monoisotopic (exact) mass is 365 g/mol. The van der Waals surface area contributed by atoms with Gasteiger partial charge in [-0.25, -0.2) is 13.8 Å². The molecule has 0 saturated carbocycles. The molecule has 3 rings (SSSR count). The number of rotatable bonds is 6. The Balaban J connectivity index is 0.00000126. The predicted molar refractivity (Wildman–Crippen MR) is 105 cm³/mol. The molecule has 0 aliphatic carbocycles. The molecule has 0 unspecified atom stereocenters. The van der Waals surface area contributed by atoms with E-state index in [1.54, 1.807) is 18.6 Å². The standard InChI is InChI=1S/C20H19F2N3.C2H2/c1-23-20-14(5-2-7-17-18(21)8-3-9-19(17)22)11-16(13-25-20)15-6-4-10-24-12-15;1-2/h3-4,6,8-13H,2,5,7H2,1H3,(H,23,25);1-2H. The minimum absolute atomic E-state index is 0.143. The van der Waals surface area contributed by atoms with E-state index in [4.69, 9.17) is 0 Å². The Morgan fingerprint density at radius 3 is 2.33 bits per heavy atom. The molecule has 2 heterocycles. The Hall–Kier alpha value is -3.26.